The van der Waals surface area contributed by atoms with E-state index in [0.29, 0.717) is 12.1 Å². The molecule has 0 aliphatic heterocycles. The minimum Gasteiger partial charge on any atom is -0.865 e. The minimum absolute atomic E-state index is 0.127. The van der Waals surface area contributed by atoms with Crippen molar-refractivity contribution in [1.29, 1.82) is 0 Å². The van der Waals surface area contributed by atoms with Crippen LogP contribution in [-0.4, -0.2) is 29.9 Å². The van der Waals surface area contributed by atoms with E-state index in [2.05, 4.69) is 22.4 Å². The second kappa shape index (κ2) is 7.80. The van der Waals surface area contributed by atoms with Gasteiger partial charge in [0.25, 0.3) is 5.69 Å². The first-order chi connectivity index (χ1) is 9.99. The average molecular weight is 309 g/mol. The molecule has 0 aliphatic rings. The van der Waals surface area contributed by atoms with Gasteiger partial charge in [-0.05, 0) is 18.3 Å². The summed E-state index contributed by atoms with van der Waals surface area (Å²) in [5, 5.41) is 29.3. The molecular weight excluding hydrogens is 296 g/mol. The van der Waals surface area contributed by atoms with Crippen LogP contribution in [0.25, 0.3) is 0 Å². The Morgan fingerprint density at radius 1 is 1.62 bits per heavy atom. The van der Waals surface area contributed by atoms with E-state index in [1.54, 1.807) is 6.08 Å². The Hall–Kier alpha value is -2.68. The number of methoxy groups -OCH3 is 1. The van der Waals surface area contributed by atoms with E-state index in [4.69, 9.17) is 17.0 Å². The molecule has 0 heterocycles. The lowest BCUT2D eigenvalue weighted by Crippen LogP contribution is -2.31. The summed E-state index contributed by atoms with van der Waals surface area (Å²) in [6.45, 7) is 4.00. The Kier molecular flexibility index (Phi) is 6.08. The van der Waals surface area contributed by atoms with Crippen LogP contribution >= 0.6 is 12.2 Å². The number of ether oxygens (including phenoxy) is 1. The van der Waals surface area contributed by atoms with Gasteiger partial charge in [0.1, 0.15) is 5.75 Å². The van der Waals surface area contributed by atoms with Crippen LogP contribution in [0.1, 0.15) is 5.56 Å². The molecule has 8 nitrogen and oxygen atoms in total. The van der Waals surface area contributed by atoms with E-state index in [1.807, 2.05) is 0 Å². The van der Waals surface area contributed by atoms with Crippen LogP contribution in [0, 0.1) is 10.1 Å². The number of hydrogen-bond donors (Lipinski definition) is 2. The molecule has 0 unspecified atom stereocenters. The zero-order valence-corrected chi connectivity index (χ0v) is 12.0. The Labute approximate surface area is 126 Å². The Morgan fingerprint density at radius 3 is 2.90 bits per heavy atom. The van der Waals surface area contributed by atoms with E-state index < -0.39 is 16.4 Å². The highest BCUT2D eigenvalue weighted by molar-refractivity contribution is 7.80. The molecule has 0 fully saturated rings. The third-order valence-corrected chi connectivity index (χ3v) is 2.50. The topological polar surface area (TPSA) is 112 Å². The molecule has 1 aromatic carbocycles. The van der Waals surface area contributed by atoms with Gasteiger partial charge in [-0.15, -0.1) is 6.58 Å². The molecule has 21 heavy (non-hydrogen) atoms. The molecule has 0 saturated carbocycles. The lowest BCUT2D eigenvalue weighted by atomic mass is 10.2. The number of nitro groups is 1. The van der Waals surface area contributed by atoms with Gasteiger partial charge in [-0.2, -0.15) is 5.10 Å². The molecule has 0 atom stereocenters. The Balaban J connectivity index is 2.88. The van der Waals surface area contributed by atoms with E-state index >= 15 is 0 Å². The molecule has 1 rings (SSSR count). The van der Waals surface area contributed by atoms with Crippen molar-refractivity contribution in [1.82, 2.24) is 10.7 Å². The van der Waals surface area contributed by atoms with Gasteiger partial charge in [0, 0.05) is 23.9 Å². The molecule has 9 heteroatoms. The van der Waals surface area contributed by atoms with E-state index in [-0.39, 0.29) is 10.9 Å². The number of nitrogens with zero attached hydrogens (tertiary/aromatic N) is 2. The highest BCUT2D eigenvalue weighted by Crippen LogP contribution is 2.33. The number of nitrogens with one attached hydrogen (secondary N) is 2. The third kappa shape index (κ3) is 4.73. The summed E-state index contributed by atoms with van der Waals surface area (Å²) >= 11 is 4.90. The van der Waals surface area contributed by atoms with Crippen molar-refractivity contribution >= 4 is 29.2 Å². The van der Waals surface area contributed by atoms with Gasteiger partial charge in [-0.25, -0.2) is 0 Å². The first kappa shape index (κ1) is 16.4. The highest BCUT2D eigenvalue weighted by atomic mass is 32.1. The molecule has 0 bridgehead atoms. The summed E-state index contributed by atoms with van der Waals surface area (Å²) in [7, 11) is 1.26. The monoisotopic (exact) mass is 309 g/mol. The second-order valence-electron chi connectivity index (χ2n) is 3.70. The van der Waals surface area contributed by atoms with Crippen molar-refractivity contribution in [2.75, 3.05) is 13.7 Å². The van der Waals surface area contributed by atoms with Crippen LogP contribution in [0.4, 0.5) is 5.69 Å². The lowest BCUT2D eigenvalue weighted by Gasteiger charge is -2.13. The van der Waals surface area contributed by atoms with Crippen LogP contribution in [0.3, 0.4) is 0 Å². The van der Waals surface area contributed by atoms with Crippen molar-refractivity contribution < 1.29 is 14.8 Å². The summed E-state index contributed by atoms with van der Waals surface area (Å²) in [6, 6.07) is 2.46. The third-order valence-electron chi connectivity index (χ3n) is 2.26. The Morgan fingerprint density at radius 2 is 2.33 bits per heavy atom. The molecule has 2 N–H and O–H groups in total. The normalized spacial score (nSPS) is 10.1. The number of nitro benzene ring substituents is 1. The fourth-order valence-electron chi connectivity index (χ4n) is 1.34. The first-order valence-corrected chi connectivity index (χ1v) is 6.11. The summed E-state index contributed by atoms with van der Waals surface area (Å²) in [5.74, 6) is -0.909. The van der Waals surface area contributed by atoms with E-state index in [9.17, 15) is 15.2 Å². The van der Waals surface area contributed by atoms with Gasteiger partial charge in [-0.1, -0.05) is 6.08 Å². The van der Waals surface area contributed by atoms with Crippen LogP contribution in [0.5, 0.6) is 11.5 Å². The number of benzene rings is 1. The fraction of sp³-hybridized carbons (Fsp3) is 0.167. The standard InChI is InChI=1S/C12H14N4O4S/c1-3-4-13-12(21)15-14-7-8-5-9(16(18)19)11(17)10(6-8)20-2/h3,5-7,17H,1,4H2,2H3,(H2,13,15,21)/p-1. The smallest absolute Gasteiger partial charge is 0.266 e. The van der Waals surface area contributed by atoms with Gasteiger partial charge < -0.3 is 15.2 Å². The second-order valence-corrected chi connectivity index (χ2v) is 4.11. The van der Waals surface area contributed by atoms with E-state index in [0.717, 1.165) is 6.07 Å². The van der Waals surface area contributed by atoms with Crippen LogP contribution in [0.2, 0.25) is 0 Å². The zero-order valence-electron chi connectivity index (χ0n) is 11.2. The van der Waals surface area contributed by atoms with Gasteiger partial charge in [0.2, 0.25) is 0 Å². The number of thiocarbonyl (C=S) groups is 1. The number of hydrazone groups is 1. The van der Waals surface area contributed by atoms with Crippen molar-refractivity contribution in [2.24, 2.45) is 5.10 Å². The van der Waals surface area contributed by atoms with Crippen LogP contribution in [-0.2, 0) is 0 Å². The SMILES string of the molecule is C=CCNC(=S)NN=Cc1cc(OC)c([O-])c([N+](=O)[O-])c1. The van der Waals surface area contributed by atoms with Crippen LogP contribution in [0.15, 0.2) is 29.9 Å². The predicted molar refractivity (Wildman–Crippen MR) is 80.6 cm³/mol. The van der Waals surface area contributed by atoms with Gasteiger partial charge >= 0.3 is 0 Å². The summed E-state index contributed by atoms with van der Waals surface area (Å²) < 4.78 is 4.81. The molecule has 0 radical (unpaired) electrons. The quantitative estimate of drug-likeness (QED) is 0.261. The number of hydrogen-bond acceptors (Lipinski definition) is 6. The Bertz CT molecular complexity index is 589. The zero-order chi connectivity index (χ0) is 15.8. The maximum absolute atomic E-state index is 11.6. The maximum atomic E-state index is 11.6. The first-order valence-electron chi connectivity index (χ1n) is 5.70. The lowest BCUT2D eigenvalue weighted by molar-refractivity contribution is -0.398. The molecular formula is C12H13N4O4S-. The molecule has 0 spiro atoms. The molecule has 0 saturated heterocycles. The molecule has 1 aromatic rings. The predicted octanol–water partition coefficient (Wildman–Crippen LogP) is 0.661. The molecule has 0 amide bonds. The summed E-state index contributed by atoms with van der Waals surface area (Å²) in [4.78, 5) is 10.0. The molecule has 0 aromatic heterocycles. The molecule has 0 aliphatic carbocycles. The fourth-order valence-corrected chi connectivity index (χ4v) is 1.48. The minimum atomic E-state index is -0.782. The highest BCUT2D eigenvalue weighted by Gasteiger charge is 2.12. The number of rotatable bonds is 6. The van der Waals surface area contributed by atoms with Gasteiger partial charge in [-0.3, -0.25) is 15.5 Å². The van der Waals surface area contributed by atoms with Gasteiger partial charge in [0.15, 0.2) is 5.11 Å². The van der Waals surface area contributed by atoms with Crippen molar-refractivity contribution in [2.45, 2.75) is 0 Å². The summed E-state index contributed by atoms with van der Waals surface area (Å²) in [5.41, 5.74) is 2.27. The van der Waals surface area contributed by atoms with Gasteiger partial charge in [0.05, 0.1) is 18.2 Å². The van der Waals surface area contributed by atoms with E-state index in [1.165, 1.54) is 19.4 Å². The summed E-state index contributed by atoms with van der Waals surface area (Å²) in [6.07, 6.45) is 2.91. The average Bonchev–Trinajstić information content (AvgIpc) is 2.46. The largest absolute Gasteiger partial charge is 0.865 e. The maximum Gasteiger partial charge on any atom is 0.266 e. The van der Waals surface area contributed by atoms with Crippen LogP contribution < -0.4 is 20.6 Å². The molecule has 112 valence electrons. The van der Waals surface area contributed by atoms with Crippen molar-refractivity contribution in [3.8, 4) is 11.5 Å². The van der Waals surface area contributed by atoms with Crippen molar-refractivity contribution in [3.63, 3.8) is 0 Å². The van der Waals surface area contributed by atoms with Crippen molar-refractivity contribution in [3.05, 3.63) is 40.5 Å².